The molecule has 1 N–H and O–H groups in total. The van der Waals surface area contributed by atoms with Gasteiger partial charge in [0.25, 0.3) is 0 Å². The second kappa shape index (κ2) is 7.10. The summed E-state index contributed by atoms with van der Waals surface area (Å²) in [6.07, 6.45) is 1.95. The quantitative estimate of drug-likeness (QED) is 0.618. The van der Waals surface area contributed by atoms with Gasteiger partial charge in [-0.25, -0.2) is 0 Å². The van der Waals surface area contributed by atoms with Crippen LogP contribution in [0.25, 0.3) is 0 Å². The van der Waals surface area contributed by atoms with Crippen LogP contribution in [0, 0.1) is 5.92 Å². The third kappa shape index (κ3) is 6.16. The average molecular weight is 174 g/mol. The maximum absolute atomic E-state index is 11.0. The van der Waals surface area contributed by atoms with Crippen LogP contribution in [0.3, 0.4) is 0 Å². The molecule has 0 spiro atoms. The topological polar surface area (TPSA) is 46.5 Å². The minimum absolute atomic E-state index is 0.141. The SMILES string of the molecule is CCCOC(=O)C[C@H](C)CCO. The van der Waals surface area contributed by atoms with Crippen LogP contribution in [0.4, 0.5) is 0 Å². The van der Waals surface area contributed by atoms with E-state index in [4.69, 9.17) is 9.84 Å². The Morgan fingerprint density at radius 1 is 1.58 bits per heavy atom. The summed E-state index contributed by atoms with van der Waals surface area (Å²) < 4.78 is 4.89. The van der Waals surface area contributed by atoms with Crippen molar-refractivity contribution in [1.29, 1.82) is 0 Å². The molecule has 1 atom stereocenters. The standard InChI is InChI=1S/C9H18O3/c1-3-6-12-9(11)7-8(2)4-5-10/h8,10H,3-7H2,1-2H3/t8-/m1/s1. The van der Waals surface area contributed by atoms with Crippen LogP contribution in [0.5, 0.6) is 0 Å². The Morgan fingerprint density at radius 3 is 2.75 bits per heavy atom. The Balaban J connectivity index is 3.40. The van der Waals surface area contributed by atoms with E-state index in [9.17, 15) is 4.79 Å². The van der Waals surface area contributed by atoms with Crippen molar-refractivity contribution in [3.63, 3.8) is 0 Å². The summed E-state index contributed by atoms with van der Waals surface area (Å²) in [4.78, 5) is 11.0. The highest BCUT2D eigenvalue weighted by molar-refractivity contribution is 5.69. The fourth-order valence-corrected chi connectivity index (χ4v) is 0.882. The van der Waals surface area contributed by atoms with Gasteiger partial charge in [0.15, 0.2) is 0 Å². The summed E-state index contributed by atoms with van der Waals surface area (Å²) in [7, 11) is 0. The lowest BCUT2D eigenvalue weighted by molar-refractivity contribution is -0.144. The predicted octanol–water partition coefficient (Wildman–Crippen LogP) is 1.35. The Kier molecular flexibility index (Phi) is 6.76. The molecule has 0 amide bonds. The minimum atomic E-state index is -0.155. The molecule has 0 aliphatic carbocycles. The molecule has 0 saturated heterocycles. The number of esters is 1. The molecule has 12 heavy (non-hydrogen) atoms. The number of aliphatic hydroxyl groups excluding tert-OH is 1. The number of aliphatic hydroxyl groups is 1. The molecule has 0 heterocycles. The summed E-state index contributed by atoms with van der Waals surface area (Å²) in [5.74, 6) is 0.0668. The van der Waals surface area contributed by atoms with E-state index in [1.54, 1.807) is 0 Å². The number of hydrogen-bond donors (Lipinski definition) is 1. The number of rotatable bonds is 6. The first-order valence-electron chi connectivity index (χ1n) is 4.47. The lowest BCUT2D eigenvalue weighted by Crippen LogP contribution is -2.10. The van der Waals surface area contributed by atoms with E-state index in [2.05, 4.69) is 0 Å². The molecule has 0 aliphatic rings. The lowest BCUT2D eigenvalue weighted by Gasteiger charge is -2.08. The third-order valence-corrected chi connectivity index (χ3v) is 1.60. The van der Waals surface area contributed by atoms with Gasteiger partial charge >= 0.3 is 5.97 Å². The summed E-state index contributed by atoms with van der Waals surface area (Å²) in [5, 5.41) is 8.57. The third-order valence-electron chi connectivity index (χ3n) is 1.60. The normalized spacial score (nSPS) is 12.6. The molecule has 72 valence electrons. The van der Waals surface area contributed by atoms with Crippen LogP contribution in [0.15, 0.2) is 0 Å². The van der Waals surface area contributed by atoms with Crippen LogP contribution in [0.2, 0.25) is 0 Å². The highest BCUT2D eigenvalue weighted by atomic mass is 16.5. The van der Waals surface area contributed by atoms with Crippen LogP contribution < -0.4 is 0 Å². The van der Waals surface area contributed by atoms with Gasteiger partial charge in [0.2, 0.25) is 0 Å². The van der Waals surface area contributed by atoms with Gasteiger partial charge in [-0.05, 0) is 18.8 Å². The molecule has 0 aromatic rings. The van der Waals surface area contributed by atoms with E-state index >= 15 is 0 Å². The van der Waals surface area contributed by atoms with Crippen LogP contribution >= 0.6 is 0 Å². The Bertz CT molecular complexity index is 123. The molecule has 0 bridgehead atoms. The first-order valence-corrected chi connectivity index (χ1v) is 4.47. The first kappa shape index (κ1) is 11.4. The van der Waals surface area contributed by atoms with Gasteiger partial charge in [0, 0.05) is 13.0 Å². The summed E-state index contributed by atoms with van der Waals surface area (Å²) in [6.45, 7) is 4.54. The van der Waals surface area contributed by atoms with Crippen molar-refractivity contribution >= 4 is 5.97 Å². The van der Waals surface area contributed by atoms with E-state index in [-0.39, 0.29) is 18.5 Å². The van der Waals surface area contributed by atoms with Gasteiger partial charge in [0.05, 0.1) is 6.61 Å². The van der Waals surface area contributed by atoms with Crippen LogP contribution in [-0.2, 0) is 9.53 Å². The molecule has 3 heteroatoms. The van der Waals surface area contributed by atoms with Crippen LogP contribution in [0.1, 0.15) is 33.1 Å². The summed E-state index contributed by atoms with van der Waals surface area (Å²) >= 11 is 0. The highest BCUT2D eigenvalue weighted by Gasteiger charge is 2.08. The fourth-order valence-electron chi connectivity index (χ4n) is 0.882. The molecule has 0 unspecified atom stereocenters. The van der Waals surface area contributed by atoms with Crippen molar-refractivity contribution in [3.8, 4) is 0 Å². The predicted molar refractivity (Wildman–Crippen MR) is 46.7 cm³/mol. The summed E-state index contributed by atoms with van der Waals surface area (Å²) in [6, 6.07) is 0. The van der Waals surface area contributed by atoms with Crippen molar-refractivity contribution < 1.29 is 14.6 Å². The zero-order chi connectivity index (χ0) is 9.40. The number of carbonyl (C=O) groups is 1. The maximum atomic E-state index is 11.0. The molecule has 0 radical (unpaired) electrons. The smallest absolute Gasteiger partial charge is 0.306 e. The van der Waals surface area contributed by atoms with Gasteiger partial charge in [0.1, 0.15) is 0 Å². The second-order valence-electron chi connectivity index (χ2n) is 3.04. The van der Waals surface area contributed by atoms with Gasteiger partial charge in [-0.1, -0.05) is 13.8 Å². The van der Waals surface area contributed by atoms with Gasteiger partial charge in [-0.2, -0.15) is 0 Å². The van der Waals surface area contributed by atoms with Crippen molar-refractivity contribution in [2.24, 2.45) is 5.92 Å². The minimum Gasteiger partial charge on any atom is -0.466 e. The molecule has 0 fully saturated rings. The molecule has 0 saturated carbocycles. The van der Waals surface area contributed by atoms with E-state index in [0.29, 0.717) is 19.4 Å². The van der Waals surface area contributed by atoms with E-state index in [1.807, 2.05) is 13.8 Å². The summed E-state index contributed by atoms with van der Waals surface area (Å²) in [5.41, 5.74) is 0. The molecule has 0 aliphatic heterocycles. The maximum Gasteiger partial charge on any atom is 0.306 e. The monoisotopic (exact) mass is 174 g/mol. The Labute approximate surface area is 73.7 Å². The molecule has 0 rings (SSSR count). The highest BCUT2D eigenvalue weighted by Crippen LogP contribution is 2.07. The van der Waals surface area contributed by atoms with Gasteiger partial charge in [-0.15, -0.1) is 0 Å². The fraction of sp³-hybridized carbons (Fsp3) is 0.889. The van der Waals surface area contributed by atoms with E-state index in [1.165, 1.54) is 0 Å². The van der Waals surface area contributed by atoms with Gasteiger partial charge < -0.3 is 9.84 Å². The molecular formula is C9H18O3. The first-order chi connectivity index (χ1) is 5.70. The molecule has 3 nitrogen and oxygen atoms in total. The van der Waals surface area contributed by atoms with Crippen LogP contribution in [-0.4, -0.2) is 24.3 Å². The zero-order valence-electron chi connectivity index (χ0n) is 7.88. The lowest BCUT2D eigenvalue weighted by atomic mass is 10.1. The number of hydrogen-bond acceptors (Lipinski definition) is 3. The van der Waals surface area contributed by atoms with Crippen molar-refractivity contribution in [2.75, 3.05) is 13.2 Å². The van der Waals surface area contributed by atoms with Crippen molar-refractivity contribution in [3.05, 3.63) is 0 Å². The largest absolute Gasteiger partial charge is 0.466 e. The molecule has 0 aromatic heterocycles. The Hall–Kier alpha value is -0.570. The van der Waals surface area contributed by atoms with Crippen molar-refractivity contribution in [1.82, 2.24) is 0 Å². The number of ether oxygens (including phenoxy) is 1. The van der Waals surface area contributed by atoms with E-state index in [0.717, 1.165) is 6.42 Å². The Morgan fingerprint density at radius 2 is 2.25 bits per heavy atom. The molecule has 0 aromatic carbocycles. The molecular weight excluding hydrogens is 156 g/mol. The average Bonchev–Trinajstić information content (AvgIpc) is 2.01. The van der Waals surface area contributed by atoms with E-state index < -0.39 is 0 Å². The second-order valence-corrected chi connectivity index (χ2v) is 3.04. The zero-order valence-corrected chi connectivity index (χ0v) is 7.88. The number of carbonyl (C=O) groups excluding carboxylic acids is 1. The van der Waals surface area contributed by atoms with Crippen molar-refractivity contribution in [2.45, 2.75) is 33.1 Å². The van der Waals surface area contributed by atoms with Gasteiger partial charge in [-0.3, -0.25) is 4.79 Å².